The monoisotopic (exact) mass is 416 g/mol. The summed E-state index contributed by atoms with van der Waals surface area (Å²) in [6.07, 6.45) is -0.803. The molecule has 0 saturated carbocycles. The first-order valence-electron chi connectivity index (χ1n) is 8.53. The van der Waals surface area contributed by atoms with Crippen LogP contribution in [0.3, 0.4) is 0 Å². The highest BCUT2D eigenvalue weighted by atomic mass is 35.5. The van der Waals surface area contributed by atoms with E-state index in [1.807, 2.05) is 24.3 Å². The standard InChI is InChI=1S/C19H17ClN4O3S/c20-13-6-11-9-26-8-10-2-1-3-12(16(10)11)17(13)14-7-15(24-18(21)23-14)28-5-4-27-19(22)25/h1-3,6-7H,4-5,8-9H2,(H2,22,25)(H2,21,23,24). The third-order valence-electron chi connectivity index (χ3n) is 4.35. The van der Waals surface area contributed by atoms with Gasteiger partial charge in [-0.2, -0.15) is 0 Å². The fourth-order valence-corrected chi connectivity index (χ4v) is 4.37. The summed E-state index contributed by atoms with van der Waals surface area (Å²) in [5.41, 5.74) is 14.5. The van der Waals surface area contributed by atoms with Gasteiger partial charge in [-0.15, -0.1) is 11.8 Å². The fraction of sp³-hybridized carbons (Fsp3) is 0.211. The molecule has 4 N–H and O–H groups in total. The van der Waals surface area contributed by atoms with Gasteiger partial charge in [0.15, 0.2) is 0 Å². The van der Waals surface area contributed by atoms with Crippen molar-refractivity contribution in [2.45, 2.75) is 18.2 Å². The number of thioether (sulfide) groups is 1. The zero-order chi connectivity index (χ0) is 19.7. The minimum atomic E-state index is -0.803. The zero-order valence-electron chi connectivity index (χ0n) is 14.8. The van der Waals surface area contributed by atoms with Crippen molar-refractivity contribution >= 4 is 46.2 Å². The lowest BCUT2D eigenvalue weighted by Gasteiger charge is -2.20. The number of rotatable bonds is 5. The van der Waals surface area contributed by atoms with Crippen LogP contribution in [0.1, 0.15) is 11.1 Å². The van der Waals surface area contributed by atoms with Crippen molar-refractivity contribution in [3.63, 3.8) is 0 Å². The molecule has 0 atom stereocenters. The molecule has 9 heteroatoms. The van der Waals surface area contributed by atoms with Crippen LogP contribution in [0.15, 0.2) is 35.4 Å². The van der Waals surface area contributed by atoms with Crippen LogP contribution in [-0.4, -0.2) is 28.4 Å². The van der Waals surface area contributed by atoms with Gasteiger partial charge in [0.2, 0.25) is 5.95 Å². The summed E-state index contributed by atoms with van der Waals surface area (Å²) in [5, 5.41) is 3.40. The number of nitrogens with two attached hydrogens (primary N) is 2. The highest BCUT2D eigenvalue weighted by Gasteiger charge is 2.20. The quantitative estimate of drug-likeness (QED) is 0.370. The molecule has 0 fully saturated rings. The van der Waals surface area contributed by atoms with Gasteiger partial charge in [0.05, 0.1) is 23.9 Å². The lowest BCUT2D eigenvalue weighted by Crippen LogP contribution is -2.14. The largest absolute Gasteiger partial charge is 0.449 e. The molecule has 0 unspecified atom stereocenters. The molecule has 0 aliphatic carbocycles. The topological polar surface area (TPSA) is 113 Å². The van der Waals surface area contributed by atoms with Gasteiger partial charge < -0.3 is 20.9 Å². The normalized spacial score (nSPS) is 12.9. The van der Waals surface area contributed by atoms with Crippen LogP contribution in [0, 0.1) is 0 Å². The number of aromatic nitrogens is 2. The maximum Gasteiger partial charge on any atom is 0.404 e. The van der Waals surface area contributed by atoms with Gasteiger partial charge in [-0.3, -0.25) is 0 Å². The van der Waals surface area contributed by atoms with Crippen molar-refractivity contribution in [2.75, 3.05) is 18.1 Å². The Morgan fingerprint density at radius 3 is 2.89 bits per heavy atom. The van der Waals surface area contributed by atoms with E-state index >= 15 is 0 Å². The number of carbonyl (C=O) groups excluding carboxylic acids is 1. The van der Waals surface area contributed by atoms with Crippen molar-refractivity contribution in [3.8, 4) is 11.3 Å². The second kappa shape index (κ2) is 7.83. The summed E-state index contributed by atoms with van der Waals surface area (Å²) in [5.74, 6) is 0.643. The van der Waals surface area contributed by atoms with Crippen LogP contribution in [-0.2, 0) is 22.7 Å². The Morgan fingerprint density at radius 2 is 2.07 bits per heavy atom. The van der Waals surface area contributed by atoms with Crippen molar-refractivity contribution in [1.82, 2.24) is 9.97 Å². The number of nitrogen functional groups attached to an aromatic ring is 1. The lowest BCUT2D eigenvalue weighted by atomic mass is 9.93. The molecule has 144 valence electrons. The molecule has 1 aliphatic heterocycles. The van der Waals surface area contributed by atoms with Crippen LogP contribution < -0.4 is 11.5 Å². The molecule has 28 heavy (non-hydrogen) atoms. The number of hydrogen-bond acceptors (Lipinski definition) is 7. The molecule has 1 aromatic heterocycles. The van der Waals surface area contributed by atoms with Crippen LogP contribution in [0.25, 0.3) is 22.0 Å². The van der Waals surface area contributed by atoms with E-state index in [9.17, 15) is 4.79 Å². The smallest absolute Gasteiger partial charge is 0.404 e. The van der Waals surface area contributed by atoms with E-state index in [1.54, 1.807) is 0 Å². The minimum Gasteiger partial charge on any atom is -0.449 e. The Bertz CT molecular complexity index is 1080. The number of nitrogens with zero attached hydrogens (tertiary/aromatic N) is 2. The first kappa shape index (κ1) is 18.8. The SMILES string of the molecule is NC(=O)OCCSc1cc(-c2c(Cl)cc3c4c(cccc24)COC3)nc(N)n1. The Morgan fingerprint density at radius 1 is 1.25 bits per heavy atom. The first-order valence-corrected chi connectivity index (χ1v) is 9.90. The maximum atomic E-state index is 10.7. The molecule has 1 aliphatic rings. The van der Waals surface area contributed by atoms with Gasteiger partial charge >= 0.3 is 6.09 Å². The summed E-state index contributed by atoms with van der Waals surface area (Å²) in [4.78, 5) is 19.3. The van der Waals surface area contributed by atoms with Crippen molar-refractivity contribution < 1.29 is 14.3 Å². The van der Waals surface area contributed by atoms with Gasteiger partial charge in [0.1, 0.15) is 11.6 Å². The number of hydrogen-bond donors (Lipinski definition) is 2. The number of ether oxygens (including phenoxy) is 2. The van der Waals surface area contributed by atoms with Crippen LogP contribution >= 0.6 is 23.4 Å². The summed E-state index contributed by atoms with van der Waals surface area (Å²) in [6, 6.07) is 9.82. The molecule has 0 saturated heterocycles. The minimum absolute atomic E-state index is 0.149. The maximum absolute atomic E-state index is 10.7. The van der Waals surface area contributed by atoms with Gasteiger partial charge in [-0.25, -0.2) is 14.8 Å². The number of benzene rings is 2. The van der Waals surface area contributed by atoms with Crippen molar-refractivity contribution in [2.24, 2.45) is 5.73 Å². The Hall–Kier alpha value is -2.55. The average Bonchev–Trinajstić information content (AvgIpc) is 2.65. The molecule has 0 bridgehead atoms. The lowest BCUT2D eigenvalue weighted by molar-refractivity contribution is 0.103. The number of primary amides is 1. The van der Waals surface area contributed by atoms with Gasteiger partial charge in [0.25, 0.3) is 0 Å². The molecule has 4 rings (SSSR count). The number of amides is 1. The van der Waals surface area contributed by atoms with Crippen molar-refractivity contribution in [3.05, 3.63) is 46.5 Å². The highest BCUT2D eigenvalue weighted by Crippen LogP contribution is 2.40. The number of carbonyl (C=O) groups is 1. The van der Waals surface area contributed by atoms with Crippen LogP contribution in [0.2, 0.25) is 5.02 Å². The summed E-state index contributed by atoms with van der Waals surface area (Å²) < 4.78 is 10.4. The van der Waals surface area contributed by atoms with E-state index in [2.05, 4.69) is 16.0 Å². The van der Waals surface area contributed by atoms with E-state index in [4.69, 9.17) is 32.5 Å². The van der Waals surface area contributed by atoms with E-state index in [-0.39, 0.29) is 12.6 Å². The first-order chi connectivity index (χ1) is 13.5. The molecule has 2 heterocycles. The molecule has 1 amide bonds. The molecule has 0 spiro atoms. The average molecular weight is 417 g/mol. The highest BCUT2D eigenvalue weighted by molar-refractivity contribution is 7.99. The van der Waals surface area contributed by atoms with Gasteiger partial charge in [0, 0.05) is 11.3 Å². The van der Waals surface area contributed by atoms with E-state index in [0.29, 0.717) is 34.7 Å². The van der Waals surface area contributed by atoms with E-state index in [1.165, 1.54) is 11.8 Å². The second-order valence-corrected chi connectivity index (χ2v) is 7.71. The second-order valence-electron chi connectivity index (χ2n) is 6.19. The predicted molar refractivity (Wildman–Crippen MR) is 109 cm³/mol. The Kier molecular flexibility index (Phi) is 5.25. The third-order valence-corrected chi connectivity index (χ3v) is 5.52. The predicted octanol–water partition coefficient (Wildman–Crippen LogP) is 3.75. The fourth-order valence-electron chi connectivity index (χ4n) is 3.31. The summed E-state index contributed by atoms with van der Waals surface area (Å²) >= 11 is 8.02. The van der Waals surface area contributed by atoms with Gasteiger partial charge in [-0.05, 0) is 34.0 Å². The molecule has 2 aromatic carbocycles. The van der Waals surface area contributed by atoms with Crippen molar-refractivity contribution in [1.29, 1.82) is 0 Å². The Balaban J connectivity index is 1.75. The van der Waals surface area contributed by atoms with Crippen LogP contribution in [0.5, 0.6) is 0 Å². The van der Waals surface area contributed by atoms with E-state index in [0.717, 1.165) is 27.5 Å². The molecular formula is C19H17ClN4O3S. The molecule has 3 aromatic rings. The molecule has 7 nitrogen and oxygen atoms in total. The number of halogens is 1. The van der Waals surface area contributed by atoms with Crippen LogP contribution in [0.4, 0.5) is 10.7 Å². The number of anilines is 1. The zero-order valence-corrected chi connectivity index (χ0v) is 16.3. The van der Waals surface area contributed by atoms with Gasteiger partial charge in [-0.1, -0.05) is 29.8 Å². The molecular weight excluding hydrogens is 400 g/mol. The summed E-state index contributed by atoms with van der Waals surface area (Å²) in [7, 11) is 0. The molecule has 0 radical (unpaired) electrons. The Labute approximate surface area is 170 Å². The third kappa shape index (κ3) is 3.71. The summed E-state index contributed by atoms with van der Waals surface area (Å²) in [6.45, 7) is 1.28. The van der Waals surface area contributed by atoms with E-state index < -0.39 is 6.09 Å².